The number of nitrogens with one attached hydrogen (secondary N) is 1. The zero-order valence-corrected chi connectivity index (χ0v) is 11.2. The molecule has 0 amide bonds. The fraction of sp³-hybridized carbons (Fsp3) is 0.846. The van der Waals surface area contributed by atoms with Crippen molar-refractivity contribution in [3.8, 4) is 0 Å². The van der Waals surface area contributed by atoms with Gasteiger partial charge in [-0.15, -0.1) is 0 Å². The van der Waals surface area contributed by atoms with Crippen LogP contribution in [0.2, 0.25) is 0 Å². The van der Waals surface area contributed by atoms with Gasteiger partial charge >= 0.3 is 12.4 Å². The fourth-order valence-corrected chi connectivity index (χ4v) is 2.47. The molecule has 0 aromatic carbocycles. The van der Waals surface area contributed by atoms with Gasteiger partial charge in [0.2, 0.25) is 0 Å². The highest BCUT2D eigenvalue weighted by atomic mass is 19.4. The van der Waals surface area contributed by atoms with E-state index in [1.165, 1.54) is 6.08 Å². The van der Waals surface area contributed by atoms with Crippen LogP contribution in [0.3, 0.4) is 0 Å². The van der Waals surface area contributed by atoms with Crippen molar-refractivity contribution in [2.75, 3.05) is 6.54 Å². The second kappa shape index (κ2) is 6.83. The molecular formula is C13H19F6N. The Balaban J connectivity index is 3.07. The van der Waals surface area contributed by atoms with Crippen molar-refractivity contribution in [3.05, 3.63) is 11.6 Å². The predicted octanol–water partition coefficient (Wildman–Crippen LogP) is 4.60. The van der Waals surface area contributed by atoms with Gasteiger partial charge in [0.1, 0.15) is 0 Å². The van der Waals surface area contributed by atoms with Gasteiger partial charge in [0.05, 0.1) is 0 Å². The SMILES string of the molecule is CCCNC(C1=CCCCC1)C(C(F)(F)F)C(F)(F)F. The average Bonchev–Trinajstić information content (AvgIpc) is 2.32. The Bertz CT molecular complexity index is 317. The van der Waals surface area contributed by atoms with Gasteiger partial charge in [-0.1, -0.05) is 18.6 Å². The van der Waals surface area contributed by atoms with Crippen LogP contribution in [0.1, 0.15) is 39.0 Å². The van der Waals surface area contributed by atoms with Crippen LogP contribution in [0.5, 0.6) is 0 Å². The number of hydrogen-bond acceptors (Lipinski definition) is 1. The van der Waals surface area contributed by atoms with Crippen LogP contribution in [0, 0.1) is 5.92 Å². The van der Waals surface area contributed by atoms with Crippen LogP contribution in [-0.4, -0.2) is 24.9 Å². The third kappa shape index (κ3) is 4.68. The maximum atomic E-state index is 12.9. The molecule has 1 unspecified atom stereocenters. The van der Waals surface area contributed by atoms with Crippen LogP contribution in [-0.2, 0) is 0 Å². The van der Waals surface area contributed by atoms with E-state index >= 15 is 0 Å². The molecule has 0 spiro atoms. The lowest BCUT2D eigenvalue weighted by molar-refractivity contribution is -0.289. The van der Waals surface area contributed by atoms with Crippen LogP contribution < -0.4 is 5.32 Å². The van der Waals surface area contributed by atoms with Gasteiger partial charge in [-0.25, -0.2) is 0 Å². The van der Waals surface area contributed by atoms with Crippen LogP contribution in [0.25, 0.3) is 0 Å². The Kier molecular flexibility index (Phi) is 5.91. The van der Waals surface area contributed by atoms with E-state index < -0.39 is 24.3 Å². The molecular weight excluding hydrogens is 284 g/mol. The molecule has 0 radical (unpaired) electrons. The topological polar surface area (TPSA) is 12.0 Å². The first-order valence-corrected chi connectivity index (χ1v) is 6.73. The number of halogens is 6. The summed E-state index contributed by atoms with van der Waals surface area (Å²) < 4.78 is 77.2. The van der Waals surface area contributed by atoms with E-state index in [0.29, 0.717) is 25.7 Å². The standard InChI is InChI=1S/C13H19F6N/c1-2-8-20-10(9-6-4-3-5-7-9)11(12(14,15)16)13(17,18)19/h6,10-11,20H,2-5,7-8H2,1H3. The van der Waals surface area contributed by atoms with Gasteiger partial charge in [0.25, 0.3) is 0 Å². The molecule has 20 heavy (non-hydrogen) atoms. The summed E-state index contributed by atoms with van der Waals surface area (Å²) in [5, 5.41) is 2.44. The number of allylic oxidation sites excluding steroid dienone is 1. The highest BCUT2D eigenvalue weighted by molar-refractivity contribution is 5.16. The summed E-state index contributed by atoms with van der Waals surface area (Å²) >= 11 is 0. The average molecular weight is 303 g/mol. The molecule has 1 aliphatic rings. The maximum absolute atomic E-state index is 12.9. The van der Waals surface area contributed by atoms with Gasteiger partial charge in [-0.3, -0.25) is 0 Å². The minimum absolute atomic E-state index is 0.130. The van der Waals surface area contributed by atoms with Crippen molar-refractivity contribution in [3.63, 3.8) is 0 Å². The van der Waals surface area contributed by atoms with Crippen molar-refractivity contribution in [2.24, 2.45) is 5.92 Å². The lowest BCUT2D eigenvalue weighted by Gasteiger charge is -2.34. The zero-order valence-electron chi connectivity index (χ0n) is 11.2. The van der Waals surface area contributed by atoms with E-state index in [4.69, 9.17) is 0 Å². The van der Waals surface area contributed by atoms with Crippen molar-refractivity contribution in [2.45, 2.75) is 57.4 Å². The Morgan fingerprint density at radius 2 is 1.70 bits per heavy atom. The molecule has 1 rings (SSSR count). The molecule has 1 nitrogen and oxygen atoms in total. The maximum Gasteiger partial charge on any atom is 0.402 e. The van der Waals surface area contributed by atoms with Gasteiger partial charge in [0.15, 0.2) is 5.92 Å². The highest BCUT2D eigenvalue weighted by Crippen LogP contribution is 2.44. The van der Waals surface area contributed by atoms with E-state index in [9.17, 15) is 26.3 Å². The Morgan fingerprint density at radius 1 is 1.10 bits per heavy atom. The summed E-state index contributed by atoms with van der Waals surface area (Å²) in [5.74, 6) is -3.34. The Labute approximate surface area is 114 Å². The van der Waals surface area contributed by atoms with E-state index in [1.807, 2.05) is 0 Å². The molecule has 0 saturated carbocycles. The molecule has 1 atom stereocenters. The third-order valence-electron chi connectivity index (χ3n) is 3.38. The molecule has 0 aliphatic heterocycles. The number of alkyl halides is 6. The Morgan fingerprint density at radius 3 is 2.10 bits per heavy atom. The van der Waals surface area contributed by atoms with Crippen molar-refractivity contribution >= 4 is 0 Å². The summed E-state index contributed by atoms with van der Waals surface area (Å²) in [6, 6.07) is -1.70. The second-order valence-corrected chi connectivity index (χ2v) is 5.02. The smallest absolute Gasteiger partial charge is 0.309 e. The zero-order chi connectivity index (χ0) is 15.4. The molecule has 1 N–H and O–H groups in total. The highest BCUT2D eigenvalue weighted by Gasteiger charge is 2.60. The summed E-state index contributed by atoms with van der Waals surface area (Å²) in [4.78, 5) is 0. The molecule has 0 saturated heterocycles. The molecule has 0 heterocycles. The molecule has 0 bridgehead atoms. The van der Waals surface area contributed by atoms with E-state index in [0.717, 1.165) is 6.42 Å². The molecule has 118 valence electrons. The molecule has 7 heteroatoms. The minimum Gasteiger partial charge on any atom is -0.309 e. The van der Waals surface area contributed by atoms with E-state index in [2.05, 4.69) is 5.32 Å². The Hall–Kier alpha value is -0.720. The van der Waals surface area contributed by atoms with E-state index in [1.54, 1.807) is 6.92 Å². The number of rotatable bonds is 5. The first-order chi connectivity index (χ1) is 9.18. The molecule has 1 aliphatic carbocycles. The molecule has 0 fully saturated rings. The summed E-state index contributed by atoms with van der Waals surface area (Å²) in [7, 11) is 0. The van der Waals surface area contributed by atoms with Crippen LogP contribution in [0.15, 0.2) is 11.6 Å². The largest absolute Gasteiger partial charge is 0.402 e. The first kappa shape index (κ1) is 17.3. The first-order valence-electron chi connectivity index (χ1n) is 6.73. The minimum atomic E-state index is -5.30. The van der Waals surface area contributed by atoms with Gasteiger partial charge in [-0.05, 0) is 38.6 Å². The fourth-order valence-electron chi connectivity index (χ4n) is 2.47. The van der Waals surface area contributed by atoms with Crippen LogP contribution >= 0.6 is 0 Å². The monoisotopic (exact) mass is 303 g/mol. The summed E-state index contributed by atoms with van der Waals surface area (Å²) in [5.41, 5.74) is 0.240. The lowest BCUT2D eigenvalue weighted by atomic mass is 9.85. The third-order valence-corrected chi connectivity index (χ3v) is 3.38. The van der Waals surface area contributed by atoms with Gasteiger partial charge in [0, 0.05) is 6.04 Å². The van der Waals surface area contributed by atoms with Crippen molar-refractivity contribution in [1.29, 1.82) is 0 Å². The van der Waals surface area contributed by atoms with Crippen molar-refractivity contribution < 1.29 is 26.3 Å². The molecule has 0 aromatic rings. The van der Waals surface area contributed by atoms with Gasteiger partial charge < -0.3 is 5.32 Å². The normalized spacial score (nSPS) is 19.1. The summed E-state index contributed by atoms with van der Waals surface area (Å²) in [6.45, 7) is 1.83. The quantitative estimate of drug-likeness (QED) is 0.578. The van der Waals surface area contributed by atoms with Crippen molar-refractivity contribution in [1.82, 2.24) is 5.32 Å². The summed E-state index contributed by atoms with van der Waals surface area (Å²) in [6.07, 6.45) is -6.31. The second-order valence-electron chi connectivity index (χ2n) is 5.02. The van der Waals surface area contributed by atoms with E-state index in [-0.39, 0.29) is 12.1 Å². The van der Waals surface area contributed by atoms with Gasteiger partial charge in [-0.2, -0.15) is 26.3 Å². The van der Waals surface area contributed by atoms with Crippen LogP contribution in [0.4, 0.5) is 26.3 Å². The number of hydrogen-bond donors (Lipinski definition) is 1. The lowest BCUT2D eigenvalue weighted by Crippen LogP contribution is -2.52. The predicted molar refractivity (Wildman–Crippen MR) is 64.2 cm³/mol. The molecule has 0 aromatic heterocycles.